The third-order valence-corrected chi connectivity index (χ3v) is 3.50. The van der Waals surface area contributed by atoms with Crippen molar-refractivity contribution in [3.8, 4) is 5.75 Å². The van der Waals surface area contributed by atoms with Gasteiger partial charge in [0.25, 0.3) is 0 Å². The Morgan fingerprint density at radius 2 is 2.30 bits per heavy atom. The number of ketones is 1. The van der Waals surface area contributed by atoms with E-state index >= 15 is 0 Å². The molecular weight excluding hydrogens is 259 g/mol. The SMILES string of the molecule is CCc1nn(C)cc1C1CC(=O)c2ccc(F)cc2O1. The second-order valence-electron chi connectivity index (χ2n) is 4.93. The van der Waals surface area contributed by atoms with Gasteiger partial charge in [0.05, 0.1) is 17.7 Å². The summed E-state index contributed by atoms with van der Waals surface area (Å²) in [5, 5.41) is 4.35. The number of halogens is 1. The average Bonchev–Trinajstić information content (AvgIpc) is 2.79. The summed E-state index contributed by atoms with van der Waals surface area (Å²) in [6.45, 7) is 2.00. The fraction of sp³-hybridized carbons (Fsp3) is 0.333. The minimum Gasteiger partial charge on any atom is -0.484 e. The predicted molar refractivity (Wildman–Crippen MR) is 71.3 cm³/mol. The molecule has 2 aromatic rings. The molecule has 1 unspecified atom stereocenters. The van der Waals surface area contributed by atoms with Gasteiger partial charge in [-0.05, 0) is 18.6 Å². The quantitative estimate of drug-likeness (QED) is 0.845. The van der Waals surface area contributed by atoms with Crippen LogP contribution in [0, 0.1) is 5.82 Å². The fourth-order valence-electron chi connectivity index (χ4n) is 2.57. The smallest absolute Gasteiger partial charge is 0.170 e. The van der Waals surface area contributed by atoms with Crippen LogP contribution in [0.2, 0.25) is 0 Å². The van der Waals surface area contributed by atoms with Gasteiger partial charge in [0.2, 0.25) is 0 Å². The van der Waals surface area contributed by atoms with Crippen molar-refractivity contribution in [1.82, 2.24) is 9.78 Å². The third-order valence-electron chi connectivity index (χ3n) is 3.50. The van der Waals surface area contributed by atoms with E-state index in [-0.39, 0.29) is 18.3 Å². The summed E-state index contributed by atoms with van der Waals surface area (Å²) >= 11 is 0. The van der Waals surface area contributed by atoms with Gasteiger partial charge in [0, 0.05) is 24.9 Å². The van der Waals surface area contributed by atoms with Crippen LogP contribution in [0.15, 0.2) is 24.4 Å². The van der Waals surface area contributed by atoms with Gasteiger partial charge >= 0.3 is 0 Å². The molecule has 0 bridgehead atoms. The molecule has 5 heteroatoms. The molecule has 0 saturated heterocycles. The minimum atomic E-state index is -0.404. The molecule has 0 radical (unpaired) electrons. The largest absolute Gasteiger partial charge is 0.484 e. The van der Waals surface area contributed by atoms with Gasteiger partial charge in [0.1, 0.15) is 17.7 Å². The number of carbonyl (C=O) groups excluding carboxylic acids is 1. The molecule has 0 fully saturated rings. The predicted octanol–water partition coefficient (Wildman–Crippen LogP) is 2.83. The summed E-state index contributed by atoms with van der Waals surface area (Å²) in [5.41, 5.74) is 2.26. The minimum absolute atomic E-state index is 0.0258. The molecule has 0 spiro atoms. The Kier molecular flexibility index (Phi) is 3.04. The second-order valence-corrected chi connectivity index (χ2v) is 4.93. The first-order valence-electron chi connectivity index (χ1n) is 6.60. The lowest BCUT2D eigenvalue weighted by Gasteiger charge is -2.25. The van der Waals surface area contributed by atoms with Crippen LogP contribution in [0.4, 0.5) is 4.39 Å². The Labute approximate surface area is 116 Å². The van der Waals surface area contributed by atoms with E-state index < -0.39 is 5.82 Å². The van der Waals surface area contributed by atoms with E-state index in [2.05, 4.69) is 5.10 Å². The van der Waals surface area contributed by atoms with Gasteiger partial charge in [-0.3, -0.25) is 9.48 Å². The van der Waals surface area contributed by atoms with Gasteiger partial charge in [-0.2, -0.15) is 5.10 Å². The number of carbonyl (C=O) groups is 1. The molecule has 1 aromatic heterocycles. The summed E-state index contributed by atoms with van der Waals surface area (Å²) in [5.74, 6) is -0.113. The number of Topliss-reactive ketones (excluding diaryl/α,β-unsaturated/α-hetero) is 1. The maximum absolute atomic E-state index is 13.3. The molecular formula is C15H15FN2O2. The molecule has 2 heterocycles. The highest BCUT2D eigenvalue weighted by Crippen LogP contribution is 2.36. The van der Waals surface area contributed by atoms with E-state index in [1.54, 1.807) is 4.68 Å². The number of hydrogen-bond acceptors (Lipinski definition) is 3. The van der Waals surface area contributed by atoms with Gasteiger partial charge in [0.15, 0.2) is 5.78 Å². The van der Waals surface area contributed by atoms with E-state index in [9.17, 15) is 9.18 Å². The Hall–Kier alpha value is -2.17. The Bertz CT molecular complexity index is 679. The number of aromatic nitrogens is 2. The van der Waals surface area contributed by atoms with Crippen LogP contribution in [0.5, 0.6) is 5.75 Å². The van der Waals surface area contributed by atoms with Crippen molar-refractivity contribution in [1.29, 1.82) is 0 Å². The van der Waals surface area contributed by atoms with Gasteiger partial charge < -0.3 is 4.74 Å². The number of ether oxygens (including phenoxy) is 1. The zero-order chi connectivity index (χ0) is 14.3. The monoisotopic (exact) mass is 274 g/mol. The fourth-order valence-corrected chi connectivity index (χ4v) is 2.57. The first kappa shape index (κ1) is 12.8. The summed E-state index contributed by atoms with van der Waals surface area (Å²) in [6, 6.07) is 4.02. The zero-order valence-corrected chi connectivity index (χ0v) is 11.4. The van der Waals surface area contributed by atoms with Crippen molar-refractivity contribution >= 4 is 5.78 Å². The van der Waals surface area contributed by atoms with E-state index in [1.165, 1.54) is 18.2 Å². The van der Waals surface area contributed by atoms with Crippen molar-refractivity contribution < 1.29 is 13.9 Å². The zero-order valence-electron chi connectivity index (χ0n) is 11.4. The lowest BCUT2D eigenvalue weighted by molar-refractivity contribution is 0.0848. The van der Waals surface area contributed by atoms with Crippen molar-refractivity contribution in [2.24, 2.45) is 7.05 Å². The van der Waals surface area contributed by atoms with Crippen LogP contribution in [-0.2, 0) is 13.5 Å². The highest BCUT2D eigenvalue weighted by Gasteiger charge is 2.30. The number of aryl methyl sites for hydroxylation is 2. The third kappa shape index (κ3) is 2.09. The molecule has 3 rings (SSSR count). The van der Waals surface area contributed by atoms with Crippen molar-refractivity contribution in [2.75, 3.05) is 0 Å². The lowest BCUT2D eigenvalue weighted by atomic mass is 9.96. The molecule has 104 valence electrons. The number of hydrogen-bond donors (Lipinski definition) is 0. The van der Waals surface area contributed by atoms with Gasteiger partial charge in [-0.15, -0.1) is 0 Å². The van der Waals surface area contributed by atoms with E-state index in [4.69, 9.17) is 4.74 Å². The topological polar surface area (TPSA) is 44.1 Å². The Morgan fingerprint density at radius 3 is 3.05 bits per heavy atom. The van der Waals surface area contributed by atoms with Crippen LogP contribution in [0.1, 0.15) is 41.1 Å². The van der Waals surface area contributed by atoms with Crippen LogP contribution in [-0.4, -0.2) is 15.6 Å². The molecule has 1 aliphatic heterocycles. The van der Waals surface area contributed by atoms with Crippen molar-refractivity contribution in [3.05, 3.63) is 47.0 Å². The Morgan fingerprint density at radius 1 is 1.50 bits per heavy atom. The summed E-state index contributed by atoms with van der Waals surface area (Å²) in [7, 11) is 1.83. The summed E-state index contributed by atoms with van der Waals surface area (Å²) in [6.07, 6.45) is 2.50. The molecule has 1 aromatic carbocycles. The number of benzene rings is 1. The molecule has 1 aliphatic rings. The lowest BCUT2D eigenvalue weighted by Crippen LogP contribution is -2.21. The highest BCUT2D eigenvalue weighted by atomic mass is 19.1. The first-order valence-corrected chi connectivity index (χ1v) is 6.60. The number of nitrogens with zero attached hydrogens (tertiary/aromatic N) is 2. The first-order chi connectivity index (χ1) is 9.58. The molecule has 20 heavy (non-hydrogen) atoms. The normalized spacial score (nSPS) is 17.8. The van der Waals surface area contributed by atoms with Crippen LogP contribution in [0.25, 0.3) is 0 Å². The van der Waals surface area contributed by atoms with Crippen LogP contribution in [0.3, 0.4) is 0 Å². The molecule has 4 nitrogen and oxygen atoms in total. The molecule has 0 aliphatic carbocycles. The Balaban J connectivity index is 2.00. The maximum Gasteiger partial charge on any atom is 0.170 e. The summed E-state index contributed by atoms with van der Waals surface area (Å²) in [4.78, 5) is 12.2. The number of fused-ring (bicyclic) bond motifs is 1. The average molecular weight is 274 g/mol. The van der Waals surface area contributed by atoms with E-state index in [1.807, 2.05) is 20.2 Å². The van der Waals surface area contributed by atoms with Crippen LogP contribution >= 0.6 is 0 Å². The van der Waals surface area contributed by atoms with Crippen molar-refractivity contribution in [3.63, 3.8) is 0 Å². The molecule has 0 N–H and O–H groups in total. The number of rotatable bonds is 2. The molecule has 0 saturated carbocycles. The highest BCUT2D eigenvalue weighted by molar-refractivity contribution is 6.00. The van der Waals surface area contributed by atoms with Crippen molar-refractivity contribution in [2.45, 2.75) is 25.9 Å². The summed E-state index contributed by atoms with van der Waals surface area (Å²) < 4.78 is 20.8. The van der Waals surface area contributed by atoms with E-state index in [0.29, 0.717) is 11.3 Å². The van der Waals surface area contributed by atoms with Gasteiger partial charge in [-0.25, -0.2) is 4.39 Å². The second kappa shape index (κ2) is 4.74. The maximum atomic E-state index is 13.3. The van der Waals surface area contributed by atoms with Crippen LogP contribution < -0.4 is 4.74 Å². The molecule has 0 amide bonds. The van der Waals surface area contributed by atoms with Gasteiger partial charge in [-0.1, -0.05) is 6.92 Å². The molecule has 1 atom stereocenters. The standard InChI is InChI=1S/C15H15FN2O2/c1-3-12-11(8-18(2)17-12)15-7-13(19)10-5-4-9(16)6-14(10)20-15/h4-6,8,15H,3,7H2,1-2H3. The van der Waals surface area contributed by atoms with E-state index in [0.717, 1.165) is 17.7 Å².